The zero-order valence-corrected chi connectivity index (χ0v) is 17.9. The Hall–Kier alpha value is 0.213. The normalized spacial score (nSPS) is 15.8. The number of hydrogen-bond donors (Lipinski definition) is 0. The molecule has 0 amide bonds. The predicted molar refractivity (Wildman–Crippen MR) is 77.8 cm³/mol. The molecule has 0 N–H and O–H groups in total. The molecule has 0 bridgehead atoms. The third-order valence-electron chi connectivity index (χ3n) is 3.84. The Morgan fingerprint density at radius 3 is 2.59 bits per heavy atom. The van der Waals surface area contributed by atoms with Gasteiger partial charge in [-0.25, -0.2) is 0 Å². The van der Waals surface area contributed by atoms with E-state index in [1.807, 2.05) is 6.07 Å². The van der Waals surface area contributed by atoms with Crippen molar-refractivity contribution < 1.29 is 63.4 Å². The van der Waals surface area contributed by atoms with Gasteiger partial charge < -0.3 is 42.1 Å². The molecule has 0 fully saturated rings. The maximum absolute atomic E-state index is 3.54. The summed E-state index contributed by atoms with van der Waals surface area (Å²) in [5.74, 6) is 0. The summed E-state index contributed by atoms with van der Waals surface area (Å²) < 4.78 is 1.14. The van der Waals surface area contributed by atoms with Gasteiger partial charge >= 0.3 is 26.2 Å². The summed E-state index contributed by atoms with van der Waals surface area (Å²) in [5.41, 5.74) is 3.93. The number of hydrogen-bond acceptors (Lipinski definition) is 1. The molecule has 4 rings (SSSR count). The number of anilines is 1. The number of nitrogens with zero attached hydrogens (tertiary/aromatic N) is 1. The quantitative estimate of drug-likeness (QED) is 0.329. The van der Waals surface area contributed by atoms with E-state index in [2.05, 4.69) is 70.4 Å². The summed E-state index contributed by atoms with van der Waals surface area (Å²) in [5, 5.41) is 2.66. The Kier molecular flexibility index (Phi) is 8.43. The summed E-state index contributed by atoms with van der Waals surface area (Å²) in [6, 6.07) is 16.5. The van der Waals surface area contributed by atoms with Crippen molar-refractivity contribution in [2.75, 3.05) is 11.9 Å². The SMILES string of the molecule is CN1c2ccc[c-]c2C2=c3ccc(Br)cc3=CC21.[Cl-].[Cl-].[Cl-].[Zr+4]. The van der Waals surface area contributed by atoms with Crippen molar-refractivity contribution in [1.29, 1.82) is 0 Å². The molecule has 0 radical (unpaired) electrons. The van der Waals surface area contributed by atoms with Gasteiger partial charge in [-0.15, -0.1) is 29.8 Å². The van der Waals surface area contributed by atoms with E-state index in [-0.39, 0.29) is 63.4 Å². The summed E-state index contributed by atoms with van der Waals surface area (Å²) in [6.45, 7) is 0. The van der Waals surface area contributed by atoms with Gasteiger partial charge in [-0.2, -0.15) is 0 Å². The van der Waals surface area contributed by atoms with Gasteiger partial charge in [0.2, 0.25) is 0 Å². The monoisotopic (exact) mass is 491 g/mol. The van der Waals surface area contributed by atoms with Gasteiger partial charge in [0.05, 0.1) is 0 Å². The Morgan fingerprint density at radius 1 is 1.14 bits per heavy atom. The number of halogens is 4. The molecule has 2 aliphatic rings. The summed E-state index contributed by atoms with van der Waals surface area (Å²) in [7, 11) is 2.15. The minimum atomic E-state index is 0. The average Bonchev–Trinajstić information content (AvgIpc) is 2.87. The first-order valence-corrected chi connectivity index (χ1v) is 6.80. The van der Waals surface area contributed by atoms with E-state index >= 15 is 0 Å². The Bertz CT molecular complexity index is 794. The van der Waals surface area contributed by atoms with E-state index < -0.39 is 0 Å². The standard InChI is InChI=1S/C16H11BrN.3ClH.Zr/c1-18-14-5-3-2-4-13(14)16-12-7-6-11(17)8-10(12)9-15(16)18;;;;/h2-3,5-9,15H,1H3;3*1H;/q-1;;;;+4/p-3. The van der Waals surface area contributed by atoms with Crippen molar-refractivity contribution in [1.82, 2.24) is 0 Å². The fourth-order valence-corrected chi connectivity index (χ4v) is 3.38. The van der Waals surface area contributed by atoms with Gasteiger partial charge in [-0.1, -0.05) is 38.9 Å². The first kappa shape index (κ1) is 22.2. The molecule has 6 heteroatoms. The zero-order chi connectivity index (χ0) is 12.3. The molecule has 0 spiro atoms. The summed E-state index contributed by atoms with van der Waals surface area (Å²) >= 11 is 3.54. The molecule has 1 atom stereocenters. The van der Waals surface area contributed by atoms with Crippen molar-refractivity contribution in [3.8, 4) is 0 Å². The van der Waals surface area contributed by atoms with Crippen LogP contribution in [-0.2, 0) is 26.2 Å². The van der Waals surface area contributed by atoms with Crippen molar-refractivity contribution in [2.24, 2.45) is 0 Å². The second-order valence-corrected chi connectivity index (χ2v) is 5.71. The smallest absolute Gasteiger partial charge is 1.00 e. The van der Waals surface area contributed by atoms with Gasteiger partial charge in [-0.3, -0.25) is 0 Å². The van der Waals surface area contributed by atoms with Crippen LogP contribution < -0.4 is 52.6 Å². The van der Waals surface area contributed by atoms with Crippen LogP contribution in [0.5, 0.6) is 0 Å². The Balaban J connectivity index is 0.00000110. The Labute approximate surface area is 176 Å². The molecule has 112 valence electrons. The summed E-state index contributed by atoms with van der Waals surface area (Å²) in [4.78, 5) is 2.33. The number of rotatable bonds is 0. The average molecular weight is 495 g/mol. The van der Waals surface area contributed by atoms with E-state index in [9.17, 15) is 0 Å². The molecule has 1 aliphatic heterocycles. The molecule has 1 aliphatic carbocycles. The van der Waals surface area contributed by atoms with E-state index in [1.165, 1.54) is 27.3 Å². The predicted octanol–water partition coefficient (Wildman–Crippen LogP) is -6.93. The first-order chi connectivity index (χ1) is 8.75. The van der Waals surface area contributed by atoms with Gasteiger partial charge in [0.1, 0.15) is 0 Å². The van der Waals surface area contributed by atoms with Crippen LogP contribution in [0.25, 0.3) is 11.6 Å². The maximum Gasteiger partial charge on any atom is 4.00 e. The minimum absolute atomic E-state index is 0. The van der Waals surface area contributed by atoms with Crippen LogP contribution in [0.1, 0.15) is 5.56 Å². The summed E-state index contributed by atoms with van der Waals surface area (Å²) in [6.07, 6.45) is 2.34. The largest absolute Gasteiger partial charge is 4.00 e. The van der Waals surface area contributed by atoms with Crippen LogP contribution >= 0.6 is 15.9 Å². The molecule has 2 aromatic rings. The minimum Gasteiger partial charge on any atom is -1.00 e. The van der Waals surface area contributed by atoms with Crippen LogP contribution in [0.15, 0.2) is 40.9 Å². The number of benzene rings is 2. The van der Waals surface area contributed by atoms with Crippen molar-refractivity contribution in [3.05, 3.63) is 62.9 Å². The fourth-order valence-electron chi connectivity index (χ4n) is 3.00. The molecule has 0 saturated heterocycles. The zero-order valence-electron chi connectivity index (χ0n) is 11.6. The third kappa shape index (κ3) is 3.21. The van der Waals surface area contributed by atoms with Gasteiger partial charge in [-0.05, 0) is 30.1 Å². The van der Waals surface area contributed by atoms with Gasteiger partial charge in [0.15, 0.2) is 0 Å². The number of likely N-dealkylation sites (N-methyl/N-ethyl adjacent to an activating group) is 1. The van der Waals surface area contributed by atoms with E-state index in [1.54, 1.807) is 0 Å². The molecule has 1 nitrogen and oxygen atoms in total. The first-order valence-electron chi connectivity index (χ1n) is 6.01. The van der Waals surface area contributed by atoms with Crippen molar-refractivity contribution >= 4 is 33.3 Å². The molecule has 2 aromatic carbocycles. The fraction of sp³-hybridized carbons (Fsp3) is 0.125. The molecule has 0 aromatic heterocycles. The molecule has 1 unspecified atom stereocenters. The van der Waals surface area contributed by atoms with Gasteiger partial charge in [0, 0.05) is 10.5 Å². The maximum atomic E-state index is 3.54. The van der Waals surface area contributed by atoms with E-state index in [0.29, 0.717) is 6.04 Å². The molecular weight excluding hydrogens is 484 g/mol. The van der Waals surface area contributed by atoms with Crippen LogP contribution in [0, 0.1) is 6.07 Å². The van der Waals surface area contributed by atoms with E-state index in [4.69, 9.17) is 0 Å². The molecule has 1 heterocycles. The third-order valence-corrected chi connectivity index (χ3v) is 4.33. The topological polar surface area (TPSA) is 3.24 Å². The van der Waals surface area contributed by atoms with Crippen molar-refractivity contribution in [2.45, 2.75) is 6.04 Å². The van der Waals surface area contributed by atoms with E-state index in [0.717, 1.165) is 4.47 Å². The Morgan fingerprint density at radius 2 is 1.86 bits per heavy atom. The molecule has 0 saturated carbocycles. The second-order valence-electron chi connectivity index (χ2n) is 4.80. The van der Waals surface area contributed by atoms with Crippen LogP contribution in [0.2, 0.25) is 0 Å². The van der Waals surface area contributed by atoms with Crippen LogP contribution in [-0.4, -0.2) is 13.1 Å². The van der Waals surface area contributed by atoms with Gasteiger partial charge in [0.25, 0.3) is 0 Å². The van der Waals surface area contributed by atoms with Crippen LogP contribution in [0.4, 0.5) is 5.69 Å². The molecule has 22 heavy (non-hydrogen) atoms. The van der Waals surface area contributed by atoms with Crippen molar-refractivity contribution in [3.63, 3.8) is 0 Å². The van der Waals surface area contributed by atoms with Crippen LogP contribution in [0.3, 0.4) is 0 Å². The second kappa shape index (κ2) is 8.35. The number of fused-ring (bicyclic) bond motifs is 4. The molecular formula is C16H11BrCl3NZr.